The van der Waals surface area contributed by atoms with Crippen LogP contribution in [0.5, 0.6) is 0 Å². The van der Waals surface area contributed by atoms with Crippen LogP contribution in [0.25, 0.3) is 76.9 Å². The molecule has 2 heteroatoms. The highest BCUT2D eigenvalue weighted by molar-refractivity contribution is 6.09. The van der Waals surface area contributed by atoms with Crippen molar-refractivity contribution in [2.45, 2.75) is 19.3 Å². The largest absolute Gasteiger partial charge is 0.456 e. The maximum atomic E-state index is 6.63. The van der Waals surface area contributed by atoms with E-state index in [2.05, 4.69) is 207 Å². The molecule has 11 rings (SSSR count). The lowest BCUT2D eigenvalue weighted by molar-refractivity contribution is 0.647. The molecule has 1 aliphatic carbocycles. The molecule has 0 amide bonds. The van der Waals surface area contributed by atoms with Gasteiger partial charge in [0.15, 0.2) is 0 Å². The molecule has 0 saturated heterocycles. The van der Waals surface area contributed by atoms with Crippen molar-refractivity contribution in [1.82, 2.24) is 0 Å². The van der Waals surface area contributed by atoms with Gasteiger partial charge < -0.3 is 9.32 Å². The first kappa shape index (κ1) is 31.6. The maximum Gasteiger partial charge on any atom is 0.135 e. The average Bonchev–Trinajstić information content (AvgIpc) is 3.70. The number of nitrogens with zero attached hydrogens (tertiary/aromatic N) is 1. The fourth-order valence-electron chi connectivity index (χ4n) is 9.12. The van der Waals surface area contributed by atoms with Gasteiger partial charge in [0.1, 0.15) is 11.2 Å². The molecule has 0 saturated carbocycles. The van der Waals surface area contributed by atoms with E-state index in [9.17, 15) is 0 Å². The van der Waals surface area contributed by atoms with Crippen molar-refractivity contribution < 1.29 is 4.42 Å². The Morgan fingerprint density at radius 1 is 0.364 bits per heavy atom. The van der Waals surface area contributed by atoms with Crippen molar-refractivity contribution >= 4 is 60.5 Å². The summed E-state index contributed by atoms with van der Waals surface area (Å²) in [6.45, 7) is 4.64. The minimum absolute atomic E-state index is 0.0920. The summed E-state index contributed by atoms with van der Waals surface area (Å²) in [6, 6.07) is 68.5. The van der Waals surface area contributed by atoms with Gasteiger partial charge in [-0.2, -0.15) is 0 Å². The second kappa shape index (κ2) is 12.1. The van der Waals surface area contributed by atoms with E-state index in [1.165, 1.54) is 66.1 Å². The molecule has 0 fully saturated rings. The summed E-state index contributed by atoms with van der Waals surface area (Å²) >= 11 is 0. The summed E-state index contributed by atoms with van der Waals surface area (Å²) in [5.74, 6) is 0. The van der Waals surface area contributed by atoms with Gasteiger partial charge in [-0.1, -0.05) is 147 Å². The zero-order chi connectivity index (χ0) is 36.7. The van der Waals surface area contributed by atoms with Crippen molar-refractivity contribution in [3.63, 3.8) is 0 Å². The van der Waals surface area contributed by atoms with Crippen LogP contribution in [0.2, 0.25) is 0 Å². The Morgan fingerprint density at radius 2 is 0.891 bits per heavy atom. The quantitative estimate of drug-likeness (QED) is 0.177. The highest BCUT2D eigenvalue weighted by Gasteiger charge is 2.36. The normalized spacial score (nSPS) is 13.1. The minimum atomic E-state index is -0.0920. The number of hydrogen-bond acceptors (Lipinski definition) is 2. The van der Waals surface area contributed by atoms with Gasteiger partial charge in [0.25, 0.3) is 0 Å². The number of benzene rings is 9. The summed E-state index contributed by atoms with van der Waals surface area (Å²) in [5, 5.41) is 7.21. The molecular formula is C53H37NO. The van der Waals surface area contributed by atoms with Gasteiger partial charge in [-0.15, -0.1) is 0 Å². The summed E-state index contributed by atoms with van der Waals surface area (Å²) in [6.07, 6.45) is 0. The van der Waals surface area contributed by atoms with E-state index < -0.39 is 0 Å². The number of rotatable bonds is 5. The number of fused-ring (bicyclic) bond motifs is 8. The van der Waals surface area contributed by atoms with Crippen LogP contribution < -0.4 is 4.90 Å². The second-order valence-electron chi connectivity index (χ2n) is 15.3. The Bertz CT molecular complexity index is 3010. The lowest BCUT2D eigenvalue weighted by Gasteiger charge is -2.27. The number of anilines is 3. The Morgan fingerprint density at radius 3 is 1.56 bits per heavy atom. The topological polar surface area (TPSA) is 16.4 Å². The van der Waals surface area contributed by atoms with Gasteiger partial charge in [0, 0.05) is 33.2 Å². The molecule has 1 aromatic heterocycles. The van der Waals surface area contributed by atoms with E-state index in [0.29, 0.717) is 0 Å². The Hall–Kier alpha value is -6.90. The second-order valence-corrected chi connectivity index (χ2v) is 15.3. The fourth-order valence-corrected chi connectivity index (χ4v) is 9.12. The molecule has 1 aliphatic rings. The van der Waals surface area contributed by atoms with Gasteiger partial charge in [-0.05, 0) is 121 Å². The summed E-state index contributed by atoms with van der Waals surface area (Å²) in [4.78, 5) is 2.40. The SMILES string of the molecule is CC1(C)c2ccccc2-c2cc3c(cc21)oc1ccc(N(c2cccc(-c4cccc5ccccc45)c2)c2cccc(-c4cccc5ccccc45)c2)cc13. The van der Waals surface area contributed by atoms with E-state index in [1.807, 2.05) is 0 Å². The van der Waals surface area contributed by atoms with Gasteiger partial charge in [-0.25, -0.2) is 0 Å². The van der Waals surface area contributed by atoms with Gasteiger partial charge in [0.2, 0.25) is 0 Å². The van der Waals surface area contributed by atoms with Crippen LogP contribution in [-0.2, 0) is 5.41 Å². The zero-order valence-electron chi connectivity index (χ0n) is 30.8. The minimum Gasteiger partial charge on any atom is -0.456 e. The van der Waals surface area contributed by atoms with Crippen molar-refractivity contribution in [2.24, 2.45) is 0 Å². The Kier molecular flexibility index (Phi) is 6.93. The standard InChI is InChI=1S/C53H37NO/c1-53(2)49-26-8-7-23-45(49)46-32-48-47-31-40(27-28-51(47)55-52(48)33-50(46)53)54(38-19-9-17-36(29-38)43-24-11-15-34-13-3-5-21-41(34)43)39-20-10-18-37(30-39)44-25-12-16-35-14-4-6-22-42(35)44/h3-33H,1-2H3. The number of furan rings is 1. The van der Waals surface area contributed by atoms with Crippen LogP contribution in [0.4, 0.5) is 17.1 Å². The molecule has 9 aromatic carbocycles. The summed E-state index contributed by atoms with van der Waals surface area (Å²) < 4.78 is 6.63. The molecule has 10 aromatic rings. The lowest BCUT2D eigenvalue weighted by Crippen LogP contribution is -2.14. The lowest BCUT2D eigenvalue weighted by atomic mass is 9.82. The van der Waals surface area contributed by atoms with Crippen LogP contribution in [0.3, 0.4) is 0 Å². The molecule has 1 heterocycles. The molecule has 0 bridgehead atoms. The first-order valence-electron chi connectivity index (χ1n) is 19.1. The zero-order valence-corrected chi connectivity index (χ0v) is 30.8. The first-order valence-corrected chi connectivity index (χ1v) is 19.1. The van der Waals surface area contributed by atoms with E-state index in [0.717, 1.165) is 39.0 Å². The van der Waals surface area contributed by atoms with E-state index in [-0.39, 0.29) is 5.41 Å². The highest BCUT2D eigenvalue weighted by atomic mass is 16.3. The summed E-state index contributed by atoms with van der Waals surface area (Å²) in [7, 11) is 0. The molecular weight excluding hydrogens is 667 g/mol. The average molecular weight is 704 g/mol. The molecule has 0 spiro atoms. The van der Waals surface area contributed by atoms with Crippen LogP contribution >= 0.6 is 0 Å². The van der Waals surface area contributed by atoms with Crippen LogP contribution in [0, 0.1) is 0 Å². The molecule has 0 unspecified atom stereocenters. The molecule has 260 valence electrons. The van der Waals surface area contributed by atoms with E-state index >= 15 is 0 Å². The van der Waals surface area contributed by atoms with Gasteiger partial charge in [0.05, 0.1) is 0 Å². The summed E-state index contributed by atoms with van der Waals surface area (Å²) in [5.41, 5.74) is 15.1. The smallest absolute Gasteiger partial charge is 0.135 e. The van der Waals surface area contributed by atoms with E-state index in [1.54, 1.807) is 0 Å². The molecule has 0 radical (unpaired) electrons. The van der Waals surface area contributed by atoms with E-state index in [4.69, 9.17) is 4.42 Å². The molecule has 0 aliphatic heterocycles. The van der Waals surface area contributed by atoms with Gasteiger partial charge >= 0.3 is 0 Å². The monoisotopic (exact) mass is 703 g/mol. The van der Waals surface area contributed by atoms with Crippen molar-refractivity contribution in [2.75, 3.05) is 4.90 Å². The van der Waals surface area contributed by atoms with Gasteiger partial charge in [-0.3, -0.25) is 0 Å². The highest BCUT2D eigenvalue weighted by Crippen LogP contribution is 2.51. The predicted molar refractivity (Wildman–Crippen MR) is 232 cm³/mol. The van der Waals surface area contributed by atoms with Crippen LogP contribution in [-0.4, -0.2) is 0 Å². The Labute approximate surface area is 320 Å². The van der Waals surface area contributed by atoms with Crippen molar-refractivity contribution in [3.05, 3.63) is 199 Å². The molecule has 2 nitrogen and oxygen atoms in total. The molecule has 55 heavy (non-hydrogen) atoms. The van der Waals surface area contributed by atoms with Crippen LogP contribution in [0.15, 0.2) is 192 Å². The van der Waals surface area contributed by atoms with Crippen molar-refractivity contribution in [3.8, 4) is 33.4 Å². The third-order valence-corrected chi connectivity index (χ3v) is 11.8. The third kappa shape index (κ3) is 4.95. The fraction of sp³-hybridized carbons (Fsp3) is 0.0566. The number of hydrogen-bond donors (Lipinski definition) is 0. The van der Waals surface area contributed by atoms with Crippen LogP contribution in [0.1, 0.15) is 25.0 Å². The first-order chi connectivity index (χ1) is 27.0. The predicted octanol–water partition coefficient (Wildman–Crippen LogP) is 15.0. The molecule has 0 N–H and O–H groups in total. The maximum absolute atomic E-state index is 6.63. The van der Waals surface area contributed by atoms with Crippen molar-refractivity contribution in [1.29, 1.82) is 0 Å². The molecule has 0 atom stereocenters. The third-order valence-electron chi connectivity index (χ3n) is 11.8. The Balaban J connectivity index is 1.12.